The molecule has 4 heteroatoms. The first-order valence-electron chi connectivity index (χ1n) is 26.3. The molecule has 346 valence electrons. The van der Waals surface area contributed by atoms with E-state index < -0.39 is 0 Å². The summed E-state index contributed by atoms with van der Waals surface area (Å²) < 4.78 is 14.5. The Labute approximate surface area is 412 Å². The predicted octanol–water partition coefficient (Wildman–Crippen LogP) is 18.4. The van der Waals surface area contributed by atoms with Crippen LogP contribution in [0.3, 0.4) is 0 Å². The highest BCUT2D eigenvalue weighted by Gasteiger charge is 2.40. The van der Waals surface area contributed by atoms with Gasteiger partial charge in [0.2, 0.25) is 0 Å². The lowest BCUT2D eigenvalue weighted by molar-refractivity contribution is 0.576. The Morgan fingerprint density at radius 3 is 1.84 bits per heavy atom. The summed E-state index contributed by atoms with van der Waals surface area (Å²) in [5.41, 5.74) is 24.5. The molecule has 70 heavy (non-hydrogen) atoms. The fourth-order valence-corrected chi connectivity index (χ4v) is 13.9. The van der Waals surface area contributed by atoms with Crippen molar-refractivity contribution in [2.75, 3.05) is 9.80 Å². The van der Waals surface area contributed by atoms with Gasteiger partial charge in [-0.25, -0.2) is 0 Å². The number of para-hydroxylation sites is 3. The van der Waals surface area contributed by atoms with Crippen molar-refractivity contribution in [3.05, 3.63) is 206 Å². The summed E-state index contributed by atoms with van der Waals surface area (Å²) in [5.74, 6) is 2.47. The van der Waals surface area contributed by atoms with Crippen molar-refractivity contribution in [3.8, 4) is 0 Å². The van der Waals surface area contributed by atoms with Crippen molar-refractivity contribution in [1.29, 1.82) is 0 Å². The maximum absolute atomic E-state index is 7.27. The number of anilines is 4. The molecule has 0 bridgehead atoms. The molecule has 0 saturated heterocycles. The van der Waals surface area contributed by atoms with Crippen LogP contribution in [0.15, 0.2) is 154 Å². The summed E-state index contributed by atoms with van der Waals surface area (Å²) in [6, 6.07) is 39.1. The average Bonchev–Trinajstić information content (AvgIpc) is 4.23. The van der Waals surface area contributed by atoms with Crippen LogP contribution in [0.1, 0.15) is 137 Å². The number of rotatable bonds is 8. The van der Waals surface area contributed by atoms with Crippen LogP contribution in [0.25, 0.3) is 50.8 Å². The van der Waals surface area contributed by atoms with Gasteiger partial charge in [-0.1, -0.05) is 152 Å². The standard InChI is InChI=1S/C66H60N2O2/c1-39-25-33-55(41(3)37-39)67(59-23-11-21-51-49-19-9-17-47(43-13-5-6-14-43)63(49)69-65(51)59)57-35-29-45-28-32-54-58(36-30-46-27-31-53(57)61(45)62(46)54)68(56-34-26-40(2)38-42(56)4)60-24-12-22-52-50-20-10-18-48(44-15-7-8-16-44)64(50)70-66(52)60/h9-11,17-21,23-38,43-45,61H,5-8,12-16,22H2,1-4H3. The molecule has 0 N–H and O–H groups in total. The summed E-state index contributed by atoms with van der Waals surface area (Å²) in [5, 5.41) is 3.68. The highest BCUT2D eigenvalue weighted by atomic mass is 16.3. The number of hydrogen-bond acceptors (Lipinski definition) is 4. The van der Waals surface area contributed by atoms with Crippen LogP contribution in [0.4, 0.5) is 22.7 Å². The molecule has 2 saturated carbocycles. The van der Waals surface area contributed by atoms with E-state index in [4.69, 9.17) is 8.83 Å². The zero-order valence-electron chi connectivity index (χ0n) is 40.9. The van der Waals surface area contributed by atoms with Gasteiger partial charge >= 0.3 is 0 Å². The first-order chi connectivity index (χ1) is 34.4. The van der Waals surface area contributed by atoms with E-state index in [-0.39, 0.29) is 11.8 Å². The molecule has 2 aromatic heterocycles. The molecule has 8 aromatic rings. The van der Waals surface area contributed by atoms with Gasteiger partial charge in [-0.2, -0.15) is 0 Å². The topological polar surface area (TPSA) is 32.8 Å². The van der Waals surface area contributed by atoms with Crippen molar-refractivity contribution >= 4 is 73.5 Å². The van der Waals surface area contributed by atoms with Gasteiger partial charge in [-0.3, -0.25) is 0 Å². The number of nitrogens with zero attached hydrogens (tertiary/aromatic N) is 2. The Balaban J connectivity index is 0.955. The number of benzene rings is 6. The minimum Gasteiger partial charge on any atom is -0.454 e. The minimum atomic E-state index is 0.120. The molecule has 6 aromatic carbocycles. The van der Waals surface area contributed by atoms with E-state index in [2.05, 4.69) is 183 Å². The van der Waals surface area contributed by atoms with E-state index >= 15 is 0 Å². The SMILES string of the molecule is Cc1ccc(N(C2=CCCc3c2oc2c(C4CCCC4)cccc32)c2ccc3c4c2C=CC2C=CC(N(c5ccc(C)cc5C)c5cccc6c5oc5c(C7CCCC7)cccc56)=C(C=C3)C42)c(C)c1. The predicted molar refractivity (Wildman–Crippen MR) is 292 cm³/mol. The normalized spacial score (nSPS) is 19.5. The van der Waals surface area contributed by atoms with Gasteiger partial charge in [0.25, 0.3) is 0 Å². The van der Waals surface area contributed by atoms with E-state index in [1.165, 1.54) is 151 Å². The van der Waals surface area contributed by atoms with E-state index in [1.807, 2.05) is 0 Å². The lowest BCUT2D eigenvalue weighted by atomic mass is 9.67. The van der Waals surface area contributed by atoms with Gasteiger partial charge in [-0.05, 0) is 147 Å². The van der Waals surface area contributed by atoms with Gasteiger partial charge in [-0.15, -0.1) is 0 Å². The second-order valence-electron chi connectivity index (χ2n) is 21.4. The third-order valence-electron chi connectivity index (χ3n) is 17.1. The summed E-state index contributed by atoms with van der Waals surface area (Å²) in [6.45, 7) is 8.93. The van der Waals surface area contributed by atoms with Gasteiger partial charge in [0, 0.05) is 56.2 Å². The number of furan rings is 2. The maximum Gasteiger partial charge on any atom is 0.159 e. The second kappa shape index (κ2) is 16.3. The Bertz CT molecular complexity index is 3650. The molecule has 14 rings (SSSR count). The minimum absolute atomic E-state index is 0.120. The summed E-state index contributed by atoms with van der Waals surface area (Å²) >= 11 is 0. The van der Waals surface area contributed by atoms with Crippen molar-refractivity contribution < 1.29 is 8.83 Å². The van der Waals surface area contributed by atoms with Gasteiger partial charge in [0.05, 0.1) is 17.1 Å². The lowest BCUT2D eigenvalue weighted by Crippen LogP contribution is -2.29. The van der Waals surface area contributed by atoms with E-state index in [9.17, 15) is 0 Å². The molecule has 2 unspecified atom stereocenters. The van der Waals surface area contributed by atoms with Crippen molar-refractivity contribution in [3.63, 3.8) is 0 Å². The van der Waals surface area contributed by atoms with E-state index in [1.54, 1.807) is 0 Å². The van der Waals surface area contributed by atoms with Crippen molar-refractivity contribution in [2.24, 2.45) is 5.92 Å². The highest BCUT2D eigenvalue weighted by molar-refractivity contribution is 6.11. The van der Waals surface area contributed by atoms with Crippen molar-refractivity contribution in [2.45, 2.75) is 110 Å². The Morgan fingerprint density at radius 2 is 1.14 bits per heavy atom. The molecule has 0 spiro atoms. The van der Waals surface area contributed by atoms with Crippen LogP contribution in [-0.4, -0.2) is 0 Å². The number of hydrogen-bond donors (Lipinski definition) is 0. The monoisotopic (exact) mass is 912 g/mol. The van der Waals surface area contributed by atoms with Crippen LogP contribution < -0.4 is 9.80 Å². The van der Waals surface area contributed by atoms with Gasteiger partial charge < -0.3 is 18.6 Å². The quantitative estimate of drug-likeness (QED) is 0.152. The maximum atomic E-state index is 7.27. The van der Waals surface area contributed by atoms with Gasteiger partial charge in [0.1, 0.15) is 11.2 Å². The lowest BCUT2D eigenvalue weighted by Gasteiger charge is -2.41. The van der Waals surface area contributed by atoms with E-state index in [0.717, 1.165) is 46.7 Å². The molecule has 2 atom stereocenters. The fraction of sp³-hybridized carbons (Fsp3) is 0.273. The summed E-state index contributed by atoms with van der Waals surface area (Å²) in [7, 11) is 0. The molecule has 6 aliphatic rings. The number of aryl methyl sites for hydroxylation is 5. The molecule has 0 aliphatic heterocycles. The molecule has 2 heterocycles. The van der Waals surface area contributed by atoms with Crippen molar-refractivity contribution in [1.82, 2.24) is 0 Å². The largest absolute Gasteiger partial charge is 0.454 e. The first-order valence-corrected chi connectivity index (χ1v) is 26.3. The van der Waals surface area contributed by atoms with Crippen LogP contribution in [0, 0.1) is 33.6 Å². The fourth-order valence-electron chi connectivity index (χ4n) is 13.9. The zero-order valence-corrected chi connectivity index (χ0v) is 40.9. The zero-order chi connectivity index (χ0) is 46.8. The summed E-state index contributed by atoms with van der Waals surface area (Å²) in [4.78, 5) is 5.07. The molecule has 0 amide bonds. The highest BCUT2D eigenvalue weighted by Crippen LogP contribution is 2.55. The van der Waals surface area contributed by atoms with E-state index in [0.29, 0.717) is 11.8 Å². The molecule has 4 nitrogen and oxygen atoms in total. The Hall–Kier alpha value is -7.04. The molecule has 2 fully saturated rings. The first kappa shape index (κ1) is 41.9. The van der Waals surface area contributed by atoms with Crippen LogP contribution in [-0.2, 0) is 6.42 Å². The smallest absolute Gasteiger partial charge is 0.159 e. The van der Waals surface area contributed by atoms with Gasteiger partial charge in [0.15, 0.2) is 11.3 Å². The number of allylic oxidation sites excluding steroid dienone is 6. The second-order valence-corrected chi connectivity index (χ2v) is 21.4. The van der Waals surface area contributed by atoms with Crippen LogP contribution in [0.2, 0.25) is 0 Å². The van der Waals surface area contributed by atoms with Crippen LogP contribution >= 0.6 is 0 Å². The molecule has 6 aliphatic carbocycles. The third kappa shape index (κ3) is 6.41. The summed E-state index contributed by atoms with van der Waals surface area (Å²) in [6.07, 6.45) is 29.1. The Morgan fingerprint density at radius 1 is 0.529 bits per heavy atom. The molecular formula is C66H60N2O2. The Kier molecular flexibility index (Phi) is 9.74. The van der Waals surface area contributed by atoms with Crippen LogP contribution in [0.5, 0.6) is 0 Å². The average molecular weight is 913 g/mol. The number of fused-ring (bicyclic) bond motifs is 6. The molecular weight excluding hydrogens is 853 g/mol. The molecule has 0 radical (unpaired) electrons. The third-order valence-corrected chi connectivity index (χ3v) is 17.1.